The van der Waals surface area contributed by atoms with Gasteiger partial charge in [0, 0.05) is 13.7 Å². The van der Waals surface area contributed by atoms with Crippen molar-refractivity contribution < 1.29 is 14.3 Å². The fourth-order valence-corrected chi connectivity index (χ4v) is 1.95. The summed E-state index contributed by atoms with van der Waals surface area (Å²) >= 11 is 3.38. The van der Waals surface area contributed by atoms with Crippen LogP contribution in [0.3, 0.4) is 0 Å². The van der Waals surface area contributed by atoms with E-state index in [1.165, 1.54) is 0 Å². The molecule has 0 unspecified atom stereocenters. The van der Waals surface area contributed by atoms with Gasteiger partial charge in [-0.05, 0) is 33.6 Å². The summed E-state index contributed by atoms with van der Waals surface area (Å²) in [5.74, 6) is 0.743. The molecule has 0 saturated carbocycles. The Kier molecular flexibility index (Phi) is 6.00. The number of ether oxygens (including phenoxy) is 2. The van der Waals surface area contributed by atoms with Crippen molar-refractivity contribution in [2.75, 3.05) is 27.4 Å². The van der Waals surface area contributed by atoms with Crippen molar-refractivity contribution in [2.24, 2.45) is 0 Å². The molecule has 1 rings (SSSR count). The molecule has 1 amide bonds. The van der Waals surface area contributed by atoms with E-state index in [2.05, 4.69) is 21.2 Å². The molecule has 0 aliphatic carbocycles. The highest BCUT2D eigenvalue weighted by molar-refractivity contribution is 9.10. The van der Waals surface area contributed by atoms with Gasteiger partial charge in [0.1, 0.15) is 5.75 Å². The molecule has 0 saturated heterocycles. The molecule has 0 heterocycles. The lowest BCUT2D eigenvalue weighted by atomic mass is 10.1. The fraction of sp³-hybridized carbons (Fsp3) is 0.417. The zero-order valence-corrected chi connectivity index (χ0v) is 11.5. The molecule has 0 atom stereocenters. The van der Waals surface area contributed by atoms with E-state index in [1.54, 1.807) is 14.2 Å². The molecule has 4 nitrogen and oxygen atoms in total. The van der Waals surface area contributed by atoms with E-state index in [4.69, 9.17) is 9.47 Å². The summed E-state index contributed by atoms with van der Waals surface area (Å²) in [7, 11) is 3.21. The Morgan fingerprint density at radius 1 is 1.41 bits per heavy atom. The molecule has 1 aromatic rings. The molecule has 5 heteroatoms. The van der Waals surface area contributed by atoms with Gasteiger partial charge in [0.05, 0.1) is 24.6 Å². The van der Waals surface area contributed by atoms with Crippen LogP contribution in [0.25, 0.3) is 0 Å². The molecule has 0 aliphatic heterocycles. The van der Waals surface area contributed by atoms with Gasteiger partial charge in [-0.1, -0.05) is 6.07 Å². The molecular weight excluding hydrogens is 286 g/mol. The maximum atomic E-state index is 11.5. The molecule has 0 aliphatic rings. The maximum Gasteiger partial charge on any atom is 0.224 e. The van der Waals surface area contributed by atoms with Crippen molar-refractivity contribution in [1.82, 2.24) is 5.32 Å². The van der Waals surface area contributed by atoms with E-state index in [9.17, 15) is 4.79 Å². The number of carbonyl (C=O) groups is 1. The third kappa shape index (κ3) is 4.75. The predicted octanol–water partition coefficient (Wildman–Crippen LogP) is 1.76. The average Bonchev–Trinajstić information content (AvgIpc) is 2.29. The van der Waals surface area contributed by atoms with E-state index in [0.29, 0.717) is 19.6 Å². The second kappa shape index (κ2) is 7.29. The molecule has 0 radical (unpaired) electrons. The second-order valence-corrected chi connectivity index (χ2v) is 4.34. The third-order valence-electron chi connectivity index (χ3n) is 2.21. The molecule has 0 fully saturated rings. The Labute approximate surface area is 109 Å². The molecule has 0 bridgehead atoms. The van der Waals surface area contributed by atoms with Gasteiger partial charge in [0.2, 0.25) is 5.91 Å². The first kappa shape index (κ1) is 14.0. The van der Waals surface area contributed by atoms with Crippen LogP contribution in [-0.4, -0.2) is 33.3 Å². The van der Waals surface area contributed by atoms with Crippen LogP contribution < -0.4 is 10.1 Å². The first-order valence-electron chi connectivity index (χ1n) is 5.25. The Balaban J connectivity index is 2.51. The number of carbonyl (C=O) groups excluding carboxylic acids is 1. The lowest BCUT2D eigenvalue weighted by molar-refractivity contribution is -0.120. The zero-order valence-electron chi connectivity index (χ0n) is 9.96. The van der Waals surface area contributed by atoms with Crippen LogP contribution in [0.5, 0.6) is 5.75 Å². The summed E-state index contributed by atoms with van der Waals surface area (Å²) in [5.41, 5.74) is 0.938. The number of hydrogen-bond donors (Lipinski definition) is 1. The summed E-state index contributed by atoms with van der Waals surface area (Å²) in [4.78, 5) is 11.5. The lowest BCUT2D eigenvalue weighted by Crippen LogP contribution is -2.28. The van der Waals surface area contributed by atoms with Crippen LogP contribution in [0.2, 0.25) is 0 Å². The predicted molar refractivity (Wildman–Crippen MR) is 69.3 cm³/mol. The van der Waals surface area contributed by atoms with Crippen molar-refractivity contribution in [3.05, 3.63) is 28.2 Å². The largest absolute Gasteiger partial charge is 0.496 e. The van der Waals surface area contributed by atoms with Crippen molar-refractivity contribution >= 4 is 21.8 Å². The monoisotopic (exact) mass is 301 g/mol. The molecule has 0 aromatic heterocycles. The number of amides is 1. The van der Waals surface area contributed by atoms with Crippen LogP contribution in [-0.2, 0) is 16.0 Å². The van der Waals surface area contributed by atoms with Gasteiger partial charge in [-0.2, -0.15) is 0 Å². The van der Waals surface area contributed by atoms with Crippen LogP contribution >= 0.6 is 15.9 Å². The first-order chi connectivity index (χ1) is 8.17. The van der Waals surface area contributed by atoms with E-state index in [-0.39, 0.29) is 5.91 Å². The van der Waals surface area contributed by atoms with Gasteiger partial charge in [-0.25, -0.2) is 0 Å². The van der Waals surface area contributed by atoms with E-state index >= 15 is 0 Å². The summed E-state index contributed by atoms with van der Waals surface area (Å²) in [5, 5.41) is 2.77. The third-order valence-corrected chi connectivity index (χ3v) is 2.83. The van der Waals surface area contributed by atoms with Gasteiger partial charge < -0.3 is 14.8 Å². The van der Waals surface area contributed by atoms with Crippen molar-refractivity contribution in [3.63, 3.8) is 0 Å². The highest BCUT2D eigenvalue weighted by atomic mass is 79.9. The number of halogens is 1. The van der Waals surface area contributed by atoms with Crippen molar-refractivity contribution in [1.29, 1.82) is 0 Å². The van der Waals surface area contributed by atoms with Crippen LogP contribution in [0.4, 0.5) is 0 Å². The maximum absolute atomic E-state index is 11.5. The zero-order chi connectivity index (χ0) is 12.7. The number of benzene rings is 1. The SMILES string of the molecule is COCCNC(=O)Cc1ccc(OC)c(Br)c1. The molecular formula is C12H16BrNO3. The van der Waals surface area contributed by atoms with Gasteiger partial charge in [0.25, 0.3) is 0 Å². The van der Waals surface area contributed by atoms with Gasteiger partial charge in [0.15, 0.2) is 0 Å². The minimum Gasteiger partial charge on any atom is -0.496 e. The smallest absolute Gasteiger partial charge is 0.224 e. The summed E-state index contributed by atoms with van der Waals surface area (Å²) in [6.07, 6.45) is 0.353. The Morgan fingerprint density at radius 2 is 2.18 bits per heavy atom. The van der Waals surface area contributed by atoms with Gasteiger partial charge in [-0.3, -0.25) is 4.79 Å². The number of nitrogens with one attached hydrogen (secondary N) is 1. The topological polar surface area (TPSA) is 47.6 Å². The second-order valence-electron chi connectivity index (χ2n) is 3.49. The average molecular weight is 302 g/mol. The van der Waals surface area contributed by atoms with E-state index < -0.39 is 0 Å². The normalized spacial score (nSPS) is 10.1. The molecule has 0 spiro atoms. The van der Waals surface area contributed by atoms with Crippen LogP contribution in [0, 0.1) is 0 Å². The van der Waals surface area contributed by atoms with E-state index in [1.807, 2.05) is 18.2 Å². The quantitative estimate of drug-likeness (QED) is 0.815. The van der Waals surface area contributed by atoms with Gasteiger partial charge in [-0.15, -0.1) is 0 Å². The molecule has 1 N–H and O–H groups in total. The minimum atomic E-state index is -0.0147. The number of methoxy groups -OCH3 is 2. The van der Waals surface area contributed by atoms with Crippen molar-refractivity contribution in [2.45, 2.75) is 6.42 Å². The highest BCUT2D eigenvalue weighted by Crippen LogP contribution is 2.25. The number of rotatable bonds is 6. The van der Waals surface area contributed by atoms with Crippen molar-refractivity contribution in [3.8, 4) is 5.75 Å². The Bertz CT molecular complexity index is 382. The summed E-state index contributed by atoms with van der Waals surface area (Å²) < 4.78 is 10.8. The molecule has 94 valence electrons. The number of hydrogen-bond acceptors (Lipinski definition) is 3. The van der Waals surface area contributed by atoms with E-state index in [0.717, 1.165) is 15.8 Å². The first-order valence-corrected chi connectivity index (χ1v) is 6.04. The molecule has 1 aromatic carbocycles. The Morgan fingerprint density at radius 3 is 2.76 bits per heavy atom. The minimum absolute atomic E-state index is 0.0147. The Hall–Kier alpha value is -1.07. The summed E-state index contributed by atoms with van der Waals surface area (Å²) in [6.45, 7) is 1.06. The standard InChI is InChI=1S/C12H16BrNO3/c1-16-6-5-14-12(15)8-9-3-4-11(17-2)10(13)7-9/h3-4,7H,5-6,8H2,1-2H3,(H,14,15). The fourth-order valence-electron chi connectivity index (χ4n) is 1.36. The highest BCUT2D eigenvalue weighted by Gasteiger charge is 2.05. The lowest BCUT2D eigenvalue weighted by Gasteiger charge is -2.07. The van der Waals surface area contributed by atoms with Crippen LogP contribution in [0.1, 0.15) is 5.56 Å². The summed E-state index contributed by atoms with van der Waals surface area (Å²) in [6, 6.07) is 5.59. The van der Waals surface area contributed by atoms with Gasteiger partial charge >= 0.3 is 0 Å². The van der Waals surface area contributed by atoms with Crippen LogP contribution in [0.15, 0.2) is 22.7 Å². The molecule has 17 heavy (non-hydrogen) atoms.